The van der Waals surface area contributed by atoms with Gasteiger partial charge in [0.15, 0.2) is 0 Å². The highest BCUT2D eigenvalue weighted by Gasteiger charge is 2.19. The second-order valence-electron chi connectivity index (χ2n) is 5.39. The van der Waals surface area contributed by atoms with Gasteiger partial charge in [-0.25, -0.2) is 4.79 Å². The predicted octanol–water partition coefficient (Wildman–Crippen LogP) is 1.99. The van der Waals surface area contributed by atoms with E-state index in [0.717, 1.165) is 15.7 Å². The Bertz CT molecular complexity index is 627. The van der Waals surface area contributed by atoms with Crippen molar-refractivity contribution in [3.05, 3.63) is 28.2 Å². The smallest absolute Gasteiger partial charge is 0.312 e. The molecule has 1 aromatic carbocycles. The highest BCUT2D eigenvalue weighted by Crippen LogP contribution is 2.20. The number of nitrogens with two attached hydrogens (primary N) is 1. The van der Waals surface area contributed by atoms with Gasteiger partial charge in [-0.15, -0.1) is 0 Å². The van der Waals surface area contributed by atoms with Crippen LogP contribution in [0.15, 0.2) is 22.7 Å². The van der Waals surface area contributed by atoms with Crippen molar-refractivity contribution >= 4 is 51.2 Å². The Hall–Kier alpha value is -1.74. The molecule has 7 nitrogen and oxygen atoms in total. The minimum atomic E-state index is -0.746. The molecule has 5 N–H and O–H groups in total. The average Bonchev–Trinajstić information content (AvgIpc) is 2.54. The second kappa shape index (κ2) is 11.0. The predicted molar refractivity (Wildman–Crippen MR) is 105 cm³/mol. The van der Waals surface area contributed by atoms with Crippen LogP contribution in [0.1, 0.15) is 18.4 Å². The van der Waals surface area contributed by atoms with E-state index in [1.807, 2.05) is 31.4 Å². The summed E-state index contributed by atoms with van der Waals surface area (Å²) in [6, 6.07) is 4.17. The number of thioether (sulfide) groups is 1. The van der Waals surface area contributed by atoms with Gasteiger partial charge in [0.2, 0.25) is 11.8 Å². The van der Waals surface area contributed by atoms with Crippen LogP contribution in [0.25, 0.3) is 0 Å². The summed E-state index contributed by atoms with van der Waals surface area (Å²) in [6.07, 6.45) is 2.51. The molecule has 0 spiro atoms. The summed E-state index contributed by atoms with van der Waals surface area (Å²) >= 11 is 4.93. The lowest BCUT2D eigenvalue weighted by Crippen LogP contribution is -2.49. The topological polar surface area (TPSA) is 113 Å². The van der Waals surface area contributed by atoms with Crippen molar-refractivity contribution < 1.29 is 14.4 Å². The van der Waals surface area contributed by atoms with Crippen molar-refractivity contribution in [1.82, 2.24) is 10.6 Å². The number of hydrogen-bond donors (Lipinski definition) is 4. The summed E-state index contributed by atoms with van der Waals surface area (Å²) in [7, 11) is 0. The molecule has 1 rings (SSSR count). The van der Waals surface area contributed by atoms with Crippen molar-refractivity contribution in [2.45, 2.75) is 25.8 Å². The molecule has 0 bridgehead atoms. The van der Waals surface area contributed by atoms with E-state index in [0.29, 0.717) is 12.2 Å². The standard InChI is InChI=1S/C16H23BrN4O3S/c1-10-3-4-11(17)9-13(10)20-14(22)5-7-19-15(23)12(6-8-25-2)21-16(18)24/h3-4,9,12H,5-8H2,1-2H3,(H,19,23)(H,20,22)(H3,18,21,24). The number of amides is 4. The van der Waals surface area contributed by atoms with Gasteiger partial charge in [0, 0.05) is 23.1 Å². The zero-order valence-corrected chi connectivity index (χ0v) is 16.6. The van der Waals surface area contributed by atoms with E-state index in [2.05, 4.69) is 31.9 Å². The zero-order valence-electron chi connectivity index (χ0n) is 14.2. The Kier molecular flexibility index (Phi) is 9.36. The first kappa shape index (κ1) is 21.3. The monoisotopic (exact) mass is 430 g/mol. The van der Waals surface area contributed by atoms with Gasteiger partial charge in [0.05, 0.1) is 0 Å². The van der Waals surface area contributed by atoms with Crippen LogP contribution >= 0.6 is 27.7 Å². The normalized spacial score (nSPS) is 11.5. The summed E-state index contributed by atoms with van der Waals surface area (Å²) in [5, 5.41) is 7.87. The third-order valence-electron chi connectivity index (χ3n) is 3.37. The van der Waals surface area contributed by atoms with Crippen LogP contribution in [0.2, 0.25) is 0 Å². The highest BCUT2D eigenvalue weighted by molar-refractivity contribution is 9.10. The molecule has 1 atom stereocenters. The van der Waals surface area contributed by atoms with Gasteiger partial charge in [-0.2, -0.15) is 11.8 Å². The molecule has 0 aliphatic rings. The lowest BCUT2D eigenvalue weighted by Gasteiger charge is -2.16. The van der Waals surface area contributed by atoms with Crippen LogP contribution in [-0.2, 0) is 9.59 Å². The first-order valence-electron chi connectivity index (χ1n) is 7.72. The maximum atomic E-state index is 12.1. The average molecular weight is 431 g/mol. The lowest BCUT2D eigenvalue weighted by atomic mass is 10.2. The number of carbonyl (C=O) groups is 3. The van der Waals surface area contributed by atoms with Gasteiger partial charge in [0.1, 0.15) is 6.04 Å². The van der Waals surface area contributed by atoms with E-state index >= 15 is 0 Å². The summed E-state index contributed by atoms with van der Waals surface area (Å²) in [5.41, 5.74) is 6.76. The number of rotatable bonds is 9. The number of hydrogen-bond acceptors (Lipinski definition) is 4. The lowest BCUT2D eigenvalue weighted by molar-refractivity contribution is -0.123. The van der Waals surface area contributed by atoms with E-state index in [-0.39, 0.29) is 24.8 Å². The van der Waals surface area contributed by atoms with Crippen LogP contribution in [0.5, 0.6) is 0 Å². The molecular formula is C16H23BrN4O3S. The highest BCUT2D eigenvalue weighted by atomic mass is 79.9. The number of primary amides is 1. The molecule has 0 radical (unpaired) electrons. The number of anilines is 1. The third kappa shape index (κ3) is 8.26. The first-order chi connectivity index (χ1) is 11.8. The molecule has 25 heavy (non-hydrogen) atoms. The molecule has 0 heterocycles. The van der Waals surface area contributed by atoms with E-state index in [4.69, 9.17) is 5.73 Å². The molecule has 4 amide bonds. The molecule has 0 fully saturated rings. The van der Waals surface area contributed by atoms with Crippen LogP contribution in [0.3, 0.4) is 0 Å². The van der Waals surface area contributed by atoms with Crippen molar-refractivity contribution in [1.29, 1.82) is 0 Å². The third-order valence-corrected chi connectivity index (χ3v) is 4.51. The van der Waals surface area contributed by atoms with Crippen LogP contribution in [0.4, 0.5) is 10.5 Å². The zero-order chi connectivity index (χ0) is 18.8. The minimum Gasteiger partial charge on any atom is -0.354 e. The Balaban J connectivity index is 2.45. The van der Waals surface area contributed by atoms with Gasteiger partial charge in [0.25, 0.3) is 0 Å². The number of carbonyl (C=O) groups excluding carboxylic acids is 3. The fraction of sp³-hybridized carbons (Fsp3) is 0.438. The molecule has 0 saturated heterocycles. The molecule has 0 aliphatic carbocycles. The first-order valence-corrected chi connectivity index (χ1v) is 9.90. The largest absolute Gasteiger partial charge is 0.354 e. The summed E-state index contributed by atoms with van der Waals surface area (Å²) in [4.78, 5) is 35.1. The number of nitrogens with one attached hydrogen (secondary N) is 3. The van der Waals surface area contributed by atoms with Crippen LogP contribution in [0, 0.1) is 6.92 Å². The van der Waals surface area contributed by atoms with Crippen LogP contribution in [-0.4, -0.2) is 42.4 Å². The van der Waals surface area contributed by atoms with Gasteiger partial charge in [-0.3, -0.25) is 9.59 Å². The molecule has 138 valence electrons. The molecule has 0 saturated carbocycles. The van der Waals surface area contributed by atoms with Crippen molar-refractivity contribution in [3.8, 4) is 0 Å². The van der Waals surface area contributed by atoms with E-state index in [9.17, 15) is 14.4 Å². The Morgan fingerprint density at radius 1 is 1.32 bits per heavy atom. The fourth-order valence-corrected chi connectivity index (χ4v) is 2.87. The second-order valence-corrected chi connectivity index (χ2v) is 7.29. The summed E-state index contributed by atoms with van der Waals surface area (Å²) in [6.45, 7) is 2.07. The van der Waals surface area contributed by atoms with E-state index in [1.54, 1.807) is 11.8 Å². The Labute approximate surface area is 160 Å². The van der Waals surface area contributed by atoms with Crippen molar-refractivity contribution in [3.63, 3.8) is 0 Å². The minimum absolute atomic E-state index is 0.128. The van der Waals surface area contributed by atoms with Gasteiger partial charge in [-0.05, 0) is 43.0 Å². The Morgan fingerprint density at radius 2 is 2.04 bits per heavy atom. The molecular weight excluding hydrogens is 408 g/mol. The van der Waals surface area contributed by atoms with E-state index in [1.165, 1.54) is 0 Å². The molecule has 0 aromatic heterocycles. The van der Waals surface area contributed by atoms with E-state index < -0.39 is 12.1 Å². The number of benzene rings is 1. The van der Waals surface area contributed by atoms with Crippen molar-refractivity contribution in [2.24, 2.45) is 5.73 Å². The number of urea groups is 1. The van der Waals surface area contributed by atoms with Crippen LogP contribution < -0.4 is 21.7 Å². The summed E-state index contributed by atoms with van der Waals surface area (Å²) < 4.78 is 0.871. The number of aryl methyl sites for hydroxylation is 1. The van der Waals surface area contributed by atoms with Gasteiger partial charge >= 0.3 is 6.03 Å². The maximum absolute atomic E-state index is 12.1. The molecule has 1 aromatic rings. The SMILES string of the molecule is CSCCC(NC(N)=O)C(=O)NCCC(=O)Nc1cc(Br)ccc1C. The Morgan fingerprint density at radius 3 is 2.68 bits per heavy atom. The van der Waals surface area contributed by atoms with Gasteiger partial charge < -0.3 is 21.7 Å². The number of halogens is 1. The quantitative estimate of drug-likeness (QED) is 0.479. The van der Waals surface area contributed by atoms with Gasteiger partial charge in [-0.1, -0.05) is 22.0 Å². The molecule has 1 unspecified atom stereocenters. The maximum Gasteiger partial charge on any atom is 0.312 e. The molecule has 0 aliphatic heterocycles. The van der Waals surface area contributed by atoms with Crippen molar-refractivity contribution in [2.75, 3.05) is 23.9 Å². The summed E-state index contributed by atoms with van der Waals surface area (Å²) in [5.74, 6) is 0.158. The molecule has 9 heteroatoms. The fourth-order valence-electron chi connectivity index (χ4n) is 2.04.